The molecule has 3 fully saturated rings. The summed E-state index contributed by atoms with van der Waals surface area (Å²) in [6.45, 7) is 12.3. The predicted molar refractivity (Wildman–Crippen MR) is 104 cm³/mol. The zero-order valence-electron chi connectivity index (χ0n) is 18.5. The van der Waals surface area contributed by atoms with Gasteiger partial charge in [0.1, 0.15) is 31.0 Å². The van der Waals surface area contributed by atoms with Crippen molar-refractivity contribution in [3.8, 4) is 11.8 Å². The summed E-state index contributed by atoms with van der Waals surface area (Å²) in [6.07, 6.45) is -1.62. The van der Waals surface area contributed by atoms with Crippen LogP contribution in [0.15, 0.2) is 0 Å². The summed E-state index contributed by atoms with van der Waals surface area (Å²) in [5.41, 5.74) is 0. The molecule has 166 valence electrons. The molecule has 0 bridgehead atoms. The van der Waals surface area contributed by atoms with Crippen LogP contribution in [0.25, 0.3) is 0 Å². The lowest BCUT2D eigenvalue weighted by atomic mass is 10.0. The maximum absolute atomic E-state index is 11.1. The fraction of sp³-hybridized carbons (Fsp3) is 0.905. The van der Waals surface area contributed by atoms with E-state index in [0.29, 0.717) is 25.6 Å². The molecule has 3 aliphatic heterocycles. The Morgan fingerprint density at radius 3 is 2.34 bits per heavy atom. The van der Waals surface area contributed by atoms with Crippen molar-refractivity contribution in [3.63, 3.8) is 0 Å². The molecular weight excluding hydrogens is 378 g/mol. The Kier molecular flexibility index (Phi) is 6.93. The van der Waals surface area contributed by atoms with Gasteiger partial charge in [-0.05, 0) is 40.0 Å². The Balaban J connectivity index is 1.80. The Morgan fingerprint density at radius 2 is 1.76 bits per heavy atom. The van der Waals surface area contributed by atoms with Crippen LogP contribution in [0.5, 0.6) is 0 Å². The number of methoxy groups -OCH3 is 1. The van der Waals surface area contributed by atoms with Crippen molar-refractivity contribution in [2.75, 3.05) is 20.3 Å². The van der Waals surface area contributed by atoms with Gasteiger partial charge in [-0.25, -0.2) is 0 Å². The lowest BCUT2D eigenvalue weighted by Crippen LogP contribution is -2.47. The van der Waals surface area contributed by atoms with Gasteiger partial charge >= 0.3 is 0 Å². The van der Waals surface area contributed by atoms with Crippen LogP contribution in [-0.4, -0.2) is 78.9 Å². The molecular formula is C21H35NO7. The van der Waals surface area contributed by atoms with Gasteiger partial charge in [-0.1, -0.05) is 25.7 Å². The number of hydrogen-bond acceptors (Lipinski definition) is 8. The van der Waals surface area contributed by atoms with Gasteiger partial charge in [0, 0.05) is 7.11 Å². The maximum atomic E-state index is 11.1. The predicted octanol–water partition coefficient (Wildman–Crippen LogP) is 2.14. The van der Waals surface area contributed by atoms with Crippen molar-refractivity contribution >= 4 is 0 Å². The maximum Gasteiger partial charge on any atom is 0.164 e. The number of fused-ring (bicyclic) bond motifs is 1. The summed E-state index contributed by atoms with van der Waals surface area (Å²) >= 11 is 0. The Hall–Kier alpha value is -0.760. The zero-order chi connectivity index (χ0) is 21.4. The second-order valence-electron chi connectivity index (χ2n) is 9.20. The molecule has 29 heavy (non-hydrogen) atoms. The average Bonchev–Trinajstić information content (AvgIpc) is 3.22. The highest BCUT2D eigenvalue weighted by molar-refractivity contribution is 5.10. The summed E-state index contributed by atoms with van der Waals surface area (Å²) in [5.74, 6) is 4.93. The summed E-state index contributed by atoms with van der Waals surface area (Å²) in [6, 6.07) is -0.418. The van der Waals surface area contributed by atoms with Crippen LogP contribution in [0.1, 0.15) is 48.0 Å². The van der Waals surface area contributed by atoms with Crippen molar-refractivity contribution in [2.45, 2.75) is 96.2 Å². The van der Waals surface area contributed by atoms with E-state index in [1.165, 1.54) is 5.06 Å². The standard InChI is InChI=1S/C21H35NO7/c1-13(2)11-14(9-8-10-24-7)22(23)19-18-17(28-21(5,6)29-18)16(26-19)15-12-25-20(3,4)27-15/h13-19,23H,10-12H2,1-7H3/t14-,15-,16-,17+,18+,19-/m1/s1. The van der Waals surface area contributed by atoms with E-state index in [0.717, 1.165) is 0 Å². The number of rotatable bonds is 6. The SMILES string of the molecule is COCC#C[C@H](CC(C)C)N(O)[C@@H]1O[C@H]([C@H]2COC(C)(C)O2)[C@@H]2OC(C)(C)O[C@@H]21. The summed E-state index contributed by atoms with van der Waals surface area (Å²) in [4.78, 5) is 0. The summed E-state index contributed by atoms with van der Waals surface area (Å²) in [5, 5.41) is 12.3. The highest BCUT2D eigenvalue weighted by Crippen LogP contribution is 2.43. The number of nitrogens with zero attached hydrogens (tertiary/aromatic N) is 1. The third kappa shape index (κ3) is 5.30. The monoisotopic (exact) mass is 413 g/mol. The molecule has 3 aliphatic rings. The van der Waals surface area contributed by atoms with Crippen molar-refractivity contribution in [1.29, 1.82) is 0 Å². The number of hydrogen-bond donors (Lipinski definition) is 1. The van der Waals surface area contributed by atoms with Gasteiger partial charge < -0.3 is 33.6 Å². The smallest absolute Gasteiger partial charge is 0.164 e. The van der Waals surface area contributed by atoms with E-state index in [-0.39, 0.29) is 12.2 Å². The minimum Gasteiger partial charge on any atom is -0.372 e. The molecule has 8 heteroatoms. The molecule has 0 saturated carbocycles. The van der Waals surface area contributed by atoms with Crippen LogP contribution < -0.4 is 0 Å². The molecule has 0 aromatic heterocycles. The molecule has 3 saturated heterocycles. The Labute approximate surface area is 173 Å². The highest BCUT2D eigenvalue weighted by Gasteiger charge is 2.60. The van der Waals surface area contributed by atoms with E-state index < -0.39 is 36.1 Å². The van der Waals surface area contributed by atoms with Gasteiger partial charge in [0.05, 0.1) is 12.6 Å². The van der Waals surface area contributed by atoms with E-state index in [4.69, 9.17) is 28.4 Å². The second-order valence-corrected chi connectivity index (χ2v) is 9.20. The normalized spacial score (nSPS) is 36.3. The van der Waals surface area contributed by atoms with Crippen LogP contribution in [0.3, 0.4) is 0 Å². The first-order valence-corrected chi connectivity index (χ1v) is 10.3. The lowest BCUT2D eigenvalue weighted by molar-refractivity contribution is -0.278. The zero-order valence-corrected chi connectivity index (χ0v) is 18.5. The van der Waals surface area contributed by atoms with Gasteiger partial charge in [0.15, 0.2) is 17.8 Å². The van der Waals surface area contributed by atoms with E-state index in [9.17, 15) is 5.21 Å². The van der Waals surface area contributed by atoms with Crippen molar-refractivity contribution in [2.24, 2.45) is 5.92 Å². The fourth-order valence-electron chi connectivity index (χ4n) is 4.09. The molecule has 1 N–H and O–H groups in total. The van der Waals surface area contributed by atoms with Gasteiger partial charge in [-0.2, -0.15) is 0 Å². The lowest BCUT2D eigenvalue weighted by Gasteiger charge is -2.32. The van der Waals surface area contributed by atoms with Gasteiger partial charge in [-0.3, -0.25) is 0 Å². The Morgan fingerprint density at radius 1 is 1.07 bits per heavy atom. The van der Waals surface area contributed by atoms with E-state index >= 15 is 0 Å². The molecule has 0 amide bonds. The van der Waals surface area contributed by atoms with Gasteiger partial charge in [0.2, 0.25) is 0 Å². The molecule has 8 nitrogen and oxygen atoms in total. The van der Waals surface area contributed by atoms with Crippen LogP contribution >= 0.6 is 0 Å². The average molecular weight is 414 g/mol. The van der Waals surface area contributed by atoms with E-state index in [2.05, 4.69) is 25.7 Å². The van der Waals surface area contributed by atoms with Crippen LogP contribution in [0, 0.1) is 17.8 Å². The minimum atomic E-state index is -0.777. The van der Waals surface area contributed by atoms with Crippen molar-refractivity contribution in [3.05, 3.63) is 0 Å². The molecule has 0 unspecified atom stereocenters. The van der Waals surface area contributed by atoms with Crippen molar-refractivity contribution in [1.82, 2.24) is 5.06 Å². The van der Waals surface area contributed by atoms with Crippen LogP contribution in [-0.2, 0) is 28.4 Å². The van der Waals surface area contributed by atoms with Crippen LogP contribution in [0.4, 0.5) is 0 Å². The van der Waals surface area contributed by atoms with Gasteiger partial charge in [-0.15, -0.1) is 5.06 Å². The Bertz CT molecular complexity index is 626. The van der Waals surface area contributed by atoms with Gasteiger partial charge in [0.25, 0.3) is 0 Å². The summed E-state index contributed by atoms with van der Waals surface area (Å²) in [7, 11) is 1.59. The fourth-order valence-corrected chi connectivity index (χ4v) is 4.09. The summed E-state index contributed by atoms with van der Waals surface area (Å²) < 4.78 is 35.2. The molecule has 0 aromatic rings. The second kappa shape index (κ2) is 8.77. The van der Waals surface area contributed by atoms with E-state index in [1.807, 2.05) is 27.7 Å². The highest BCUT2D eigenvalue weighted by atomic mass is 16.8. The molecule has 0 radical (unpaired) electrons. The molecule has 0 aliphatic carbocycles. The van der Waals surface area contributed by atoms with Crippen LogP contribution in [0.2, 0.25) is 0 Å². The molecule has 0 aromatic carbocycles. The van der Waals surface area contributed by atoms with Crippen molar-refractivity contribution < 1.29 is 33.6 Å². The number of ether oxygens (including phenoxy) is 6. The third-order valence-corrected chi connectivity index (χ3v) is 5.22. The first kappa shape index (κ1) is 22.9. The largest absolute Gasteiger partial charge is 0.372 e. The third-order valence-electron chi connectivity index (χ3n) is 5.22. The first-order chi connectivity index (χ1) is 13.5. The first-order valence-electron chi connectivity index (χ1n) is 10.3. The topological polar surface area (TPSA) is 78.9 Å². The quantitative estimate of drug-likeness (QED) is 0.524. The molecule has 6 atom stereocenters. The molecule has 3 heterocycles. The molecule has 0 spiro atoms. The molecule has 3 rings (SSSR count). The number of hydroxylamine groups is 2. The van der Waals surface area contributed by atoms with E-state index in [1.54, 1.807) is 7.11 Å². The minimum absolute atomic E-state index is 0.303.